The molecule has 1 atom stereocenters. The van der Waals surface area contributed by atoms with Crippen LogP contribution < -0.4 is 0 Å². The number of alkyl halides is 4. The van der Waals surface area contributed by atoms with Gasteiger partial charge in [-0.05, 0) is 19.8 Å². The minimum Gasteiger partial charge on any atom is -0.234 e. The normalized spacial score (nSPS) is 25.8. The summed E-state index contributed by atoms with van der Waals surface area (Å²) < 4.78 is 49.5. The molecule has 1 rings (SSSR count). The van der Waals surface area contributed by atoms with E-state index in [9.17, 15) is 17.6 Å². The Morgan fingerprint density at radius 2 is 1.42 bits per heavy atom. The van der Waals surface area contributed by atoms with Crippen molar-refractivity contribution < 1.29 is 17.6 Å². The van der Waals surface area contributed by atoms with Crippen LogP contribution in [0.25, 0.3) is 0 Å². The molecule has 0 N–H and O–H groups in total. The van der Waals surface area contributed by atoms with E-state index in [0.29, 0.717) is 19.8 Å². The van der Waals surface area contributed by atoms with Crippen molar-refractivity contribution in [3.63, 3.8) is 0 Å². The van der Waals surface area contributed by atoms with Crippen LogP contribution in [-0.4, -0.2) is 11.8 Å². The lowest BCUT2D eigenvalue weighted by Crippen LogP contribution is -2.43. The minimum atomic E-state index is -4.71. The third-order valence-corrected chi connectivity index (χ3v) is 2.68. The second-order valence-corrected chi connectivity index (χ2v) is 3.55. The molecular weight excluding hydrogens is 172 g/mol. The molecule has 0 radical (unpaired) electrons. The molecule has 1 aliphatic rings. The van der Waals surface area contributed by atoms with Gasteiger partial charge in [-0.15, -0.1) is 0 Å². The fourth-order valence-corrected chi connectivity index (χ4v) is 1.70. The number of halogens is 4. The second-order valence-electron chi connectivity index (χ2n) is 3.55. The summed E-state index contributed by atoms with van der Waals surface area (Å²) >= 11 is 0. The fourth-order valence-electron chi connectivity index (χ4n) is 1.70. The van der Waals surface area contributed by atoms with Crippen LogP contribution in [0.1, 0.15) is 32.6 Å². The second kappa shape index (κ2) is 2.89. The molecule has 0 aromatic carbocycles. The first-order valence-corrected chi connectivity index (χ1v) is 4.11. The van der Waals surface area contributed by atoms with Crippen LogP contribution in [0.5, 0.6) is 0 Å². The van der Waals surface area contributed by atoms with Gasteiger partial charge in [0.2, 0.25) is 5.67 Å². The van der Waals surface area contributed by atoms with E-state index in [1.807, 2.05) is 0 Å². The van der Waals surface area contributed by atoms with Crippen LogP contribution in [0.3, 0.4) is 0 Å². The lowest BCUT2D eigenvalue weighted by Gasteiger charge is -2.29. The number of hydrogen-bond donors (Lipinski definition) is 0. The van der Waals surface area contributed by atoms with E-state index in [1.165, 1.54) is 0 Å². The molecule has 0 bridgehead atoms. The molecule has 1 fully saturated rings. The van der Waals surface area contributed by atoms with Gasteiger partial charge in [-0.1, -0.05) is 12.8 Å². The monoisotopic (exact) mass is 184 g/mol. The zero-order valence-corrected chi connectivity index (χ0v) is 6.92. The SMILES string of the molecule is CC(F)(C1CCCC1)C(F)(F)F. The first-order chi connectivity index (χ1) is 5.36. The van der Waals surface area contributed by atoms with Gasteiger partial charge >= 0.3 is 6.18 Å². The molecule has 0 saturated heterocycles. The van der Waals surface area contributed by atoms with Gasteiger partial charge in [-0.2, -0.15) is 13.2 Å². The van der Waals surface area contributed by atoms with Crippen LogP contribution in [0.2, 0.25) is 0 Å². The Hall–Kier alpha value is -0.280. The minimum absolute atomic E-state index is 0.368. The van der Waals surface area contributed by atoms with E-state index in [1.54, 1.807) is 0 Å². The lowest BCUT2D eigenvalue weighted by atomic mass is 9.89. The molecule has 0 aromatic heterocycles. The molecular formula is C8H12F4. The first-order valence-electron chi connectivity index (χ1n) is 4.11. The highest BCUT2D eigenvalue weighted by Crippen LogP contribution is 2.45. The van der Waals surface area contributed by atoms with Gasteiger partial charge in [0, 0.05) is 5.92 Å². The Bertz CT molecular complexity index is 153. The van der Waals surface area contributed by atoms with E-state index < -0.39 is 17.8 Å². The molecule has 0 amide bonds. The van der Waals surface area contributed by atoms with Crippen LogP contribution in [0.4, 0.5) is 17.6 Å². The first kappa shape index (κ1) is 9.81. The van der Waals surface area contributed by atoms with Crippen LogP contribution in [0, 0.1) is 5.92 Å². The molecule has 72 valence electrons. The molecule has 0 aliphatic heterocycles. The van der Waals surface area contributed by atoms with Crippen molar-refractivity contribution in [1.82, 2.24) is 0 Å². The summed E-state index contributed by atoms with van der Waals surface area (Å²) in [6.45, 7) is 0.656. The van der Waals surface area contributed by atoms with Gasteiger partial charge < -0.3 is 0 Å². The molecule has 0 heterocycles. The Morgan fingerprint density at radius 1 is 1.00 bits per heavy atom. The van der Waals surface area contributed by atoms with Crippen molar-refractivity contribution >= 4 is 0 Å². The number of rotatable bonds is 1. The van der Waals surface area contributed by atoms with Gasteiger partial charge in [0.15, 0.2) is 0 Å². The third kappa shape index (κ3) is 1.57. The summed E-state index contributed by atoms with van der Waals surface area (Å²) in [4.78, 5) is 0. The Kier molecular flexibility index (Phi) is 2.36. The van der Waals surface area contributed by atoms with Crippen LogP contribution in [0.15, 0.2) is 0 Å². The smallest absolute Gasteiger partial charge is 0.234 e. The van der Waals surface area contributed by atoms with Crippen molar-refractivity contribution in [3.05, 3.63) is 0 Å². The largest absolute Gasteiger partial charge is 0.422 e. The van der Waals surface area contributed by atoms with Crippen LogP contribution in [-0.2, 0) is 0 Å². The van der Waals surface area contributed by atoms with E-state index in [4.69, 9.17) is 0 Å². The summed E-state index contributed by atoms with van der Waals surface area (Å²) in [6, 6.07) is 0. The Labute approximate surface area is 69.0 Å². The lowest BCUT2D eigenvalue weighted by molar-refractivity contribution is -0.241. The molecule has 1 aliphatic carbocycles. The average molecular weight is 184 g/mol. The molecule has 1 saturated carbocycles. The van der Waals surface area contributed by atoms with E-state index >= 15 is 0 Å². The summed E-state index contributed by atoms with van der Waals surface area (Å²) in [6.07, 6.45) is -2.53. The predicted molar refractivity (Wildman–Crippen MR) is 37.5 cm³/mol. The summed E-state index contributed by atoms with van der Waals surface area (Å²) in [5.41, 5.74) is -2.98. The maximum absolute atomic E-state index is 13.2. The van der Waals surface area contributed by atoms with Crippen molar-refractivity contribution in [3.8, 4) is 0 Å². The third-order valence-electron chi connectivity index (χ3n) is 2.68. The zero-order valence-electron chi connectivity index (χ0n) is 6.92. The Balaban J connectivity index is 2.69. The van der Waals surface area contributed by atoms with E-state index in [0.717, 1.165) is 12.8 Å². The van der Waals surface area contributed by atoms with Crippen molar-refractivity contribution in [1.29, 1.82) is 0 Å². The highest BCUT2D eigenvalue weighted by Gasteiger charge is 2.57. The molecule has 12 heavy (non-hydrogen) atoms. The van der Waals surface area contributed by atoms with Gasteiger partial charge in [0.25, 0.3) is 0 Å². The molecule has 0 aromatic rings. The topological polar surface area (TPSA) is 0 Å². The zero-order chi connectivity index (χ0) is 9.41. The maximum Gasteiger partial charge on any atom is 0.422 e. The fraction of sp³-hybridized carbons (Fsp3) is 1.00. The standard InChI is InChI=1S/C8H12F4/c1-7(9,8(10,11)12)6-4-2-3-5-6/h6H,2-5H2,1H3. The van der Waals surface area contributed by atoms with Crippen molar-refractivity contribution in [2.45, 2.75) is 44.5 Å². The molecule has 0 nitrogen and oxygen atoms in total. The highest BCUT2D eigenvalue weighted by molar-refractivity contribution is 4.91. The maximum atomic E-state index is 13.2. The van der Waals surface area contributed by atoms with E-state index in [2.05, 4.69) is 0 Å². The quantitative estimate of drug-likeness (QED) is 0.547. The van der Waals surface area contributed by atoms with Gasteiger partial charge in [0.05, 0.1) is 0 Å². The Morgan fingerprint density at radius 3 is 1.75 bits per heavy atom. The van der Waals surface area contributed by atoms with Crippen molar-refractivity contribution in [2.75, 3.05) is 0 Å². The van der Waals surface area contributed by atoms with Crippen LogP contribution >= 0.6 is 0 Å². The summed E-state index contributed by atoms with van der Waals surface area (Å²) in [5.74, 6) is -0.822. The van der Waals surface area contributed by atoms with Gasteiger partial charge in [-0.3, -0.25) is 0 Å². The molecule has 4 heteroatoms. The van der Waals surface area contributed by atoms with Gasteiger partial charge in [-0.25, -0.2) is 4.39 Å². The predicted octanol–water partition coefficient (Wildman–Crippen LogP) is 3.47. The molecule has 1 unspecified atom stereocenters. The summed E-state index contributed by atoms with van der Waals surface area (Å²) in [5, 5.41) is 0. The highest BCUT2D eigenvalue weighted by atomic mass is 19.4. The van der Waals surface area contributed by atoms with Gasteiger partial charge in [0.1, 0.15) is 0 Å². The van der Waals surface area contributed by atoms with E-state index in [-0.39, 0.29) is 0 Å². The number of hydrogen-bond acceptors (Lipinski definition) is 0. The summed E-state index contributed by atoms with van der Waals surface area (Å²) in [7, 11) is 0. The molecule has 0 spiro atoms. The van der Waals surface area contributed by atoms with Crippen molar-refractivity contribution in [2.24, 2.45) is 5.92 Å². The average Bonchev–Trinajstić information content (AvgIpc) is 2.34.